The highest BCUT2D eigenvalue weighted by atomic mass is 16.4. The van der Waals surface area contributed by atoms with Gasteiger partial charge in [-0.05, 0) is 32.6 Å². The molecule has 2 heteroatoms. The fraction of sp³-hybridized carbons (Fsp3) is 0.583. The van der Waals surface area contributed by atoms with Crippen LogP contribution in [0.15, 0.2) is 24.3 Å². The Bertz CT molecular complexity index is 204. The summed E-state index contributed by atoms with van der Waals surface area (Å²) in [5, 5.41) is 8.58. The Hall–Kier alpha value is -1.05. The van der Waals surface area contributed by atoms with Crippen LogP contribution >= 0.6 is 0 Å². The molecule has 0 aromatic heterocycles. The number of allylic oxidation sites excluding steroid dienone is 2. The molecule has 0 spiro atoms. The number of carboxylic acids is 1. The number of unbranched alkanes of at least 4 members (excludes halogenated alkanes) is 5. The van der Waals surface area contributed by atoms with Crippen molar-refractivity contribution in [1.29, 1.82) is 0 Å². The highest BCUT2D eigenvalue weighted by Crippen LogP contribution is 2.07. The molecule has 14 heavy (non-hydrogen) atoms. The van der Waals surface area contributed by atoms with Gasteiger partial charge in [-0.3, -0.25) is 0 Å². The molecular weight excluding hydrogens is 176 g/mol. The minimum Gasteiger partial charge on any atom is -0.478 e. The Morgan fingerprint density at radius 2 is 1.79 bits per heavy atom. The highest BCUT2D eigenvalue weighted by molar-refractivity contribution is 5.85. The molecule has 80 valence electrons. The van der Waals surface area contributed by atoms with Crippen LogP contribution in [0.5, 0.6) is 0 Å². The van der Waals surface area contributed by atoms with Crippen molar-refractivity contribution in [3.63, 3.8) is 0 Å². The van der Waals surface area contributed by atoms with Gasteiger partial charge in [0.2, 0.25) is 0 Å². The first-order valence-corrected chi connectivity index (χ1v) is 5.19. The molecule has 0 saturated heterocycles. The second-order valence-corrected chi connectivity index (χ2v) is 3.47. The summed E-state index contributed by atoms with van der Waals surface area (Å²) in [5.74, 6) is -0.809. The maximum atomic E-state index is 10.4. The van der Waals surface area contributed by atoms with Crippen molar-refractivity contribution in [1.82, 2.24) is 0 Å². The summed E-state index contributed by atoms with van der Waals surface area (Å²) in [6.07, 6.45) is 10.4. The molecule has 0 aliphatic heterocycles. The van der Waals surface area contributed by atoms with Gasteiger partial charge in [0.05, 0.1) is 0 Å². The molecule has 1 N–H and O–H groups in total. The van der Waals surface area contributed by atoms with E-state index in [2.05, 4.69) is 6.58 Å². The van der Waals surface area contributed by atoms with Crippen molar-refractivity contribution in [3.05, 3.63) is 24.3 Å². The third-order valence-corrected chi connectivity index (χ3v) is 2.15. The first-order chi connectivity index (χ1) is 6.68. The van der Waals surface area contributed by atoms with E-state index in [1.54, 1.807) is 13.0 Å². The lowest BCUT2D eigenvalue weighted by molar-refractivity contribution is -0.132. The molecule has 0 unspecified atom stereocenters. The molecule has 0 fully saturated rings. The second kappa shape index (κ2) is 8.54. The summed E-state index contributed by atoms with van der Waals surface area (Å²) in [6, 6.07) is 0. The molecule has 0 saturated carbocycles. The van der Waals surface area contributed by atoms with E-state index in [-0.39, 0.29) is 0 Å². The minimum absolute atomic E-state index is 0.455. The summed E-state index contributed by atoms with van der Waals surface area (Å²) in [6.45, 7) is 5.30. The Labute approximate surface area is 86.3 Å². The number of hydrogen-bond donors (Lipinski definition) is 1. The van der Waals surface area contributed by atoms with Crippen LogP contribution in [0, 0.1) is 0 Å². The van der Waals surface area contributed by atoms with Crippen LogP contribution in [0.1, 0.15) is 45.4 Å². The van der Waals surface area contributed by atoms with Gasteiger partial charge in [-0.2, -0.15) is 0 Å². The first-order valence-electron chi connectivity index (χ1n) is 5.19. The summed E-state index contributed by atoms with van der Waals surface area (Å²) in [5.41, 5.74) is 0.455. The van der Waals surface area contributed by atoms with E-state index < -0.39 is 5.97 Å². The van der Waals surface area contributed by atoms with Crippen LogP contribution in [0.2, 0.25) is 0 Å². The maximum absolute atomic E-state index is 10.4. The van der Waals surface area contributed by atoms with Gasteiger partial charge in [-0.15, -0.1) is 6.58 Å². The average molecular weight is 196 g/mol. The molecule has 2 nitrogen and oxygen atoms in total. The third-order valence-electron chi connectivity index (χ3n) is 2.15. The molecule has 0 heterocycles. The summed E-state index contributed by atoms with van der Waals surface area (Å²) < 4.78 is 0. The lowest BCUT2D eigenvalue weighted by Crippen LogP contribution is -1.95. The van der Waals surface area contributed by atoms with Gasteiger partial charge in [0, 0.05) is 5.57 Å². The van der Waals surface area contributed by atoms with E-state index in [9.17, 15) is 4.79 Å². The Morgan fingerprint density at radius 1 is 1.21 bits per heavy atom. The van der Waals surface area contributed by atoms with E-state index >= 15 is 0 Å². The highest BCUT2D eigenvalue weighted by Gasteiger charge is 1.97. The Balaban J connectivity index is 3.33. The molecule has 0 amide bonds. The second-order valence-electron chi connectivity index (χ2n) is 3.47. The fourth-order valence-electron chi connectivity index (χ4n) is 1.19. The van der Waals surface area contributed by atoms with Crippen LogP contribution in [0.4, 0.5) is 0 Å². The van der Waals surface area contributed by atoms with Gasteiger partial charge in [0.1, 0.15) is 0 Å². The number of hydrogen-bond acceptors (Lipinski definition) is 1. The fourth-order valence-corrected chi connectivity index (χ4v) is 1.19. The number of aliphatic carboxylic acids is 1. The molecular formula is C12H20O2. The van der Waals surface area contributed by atoms with E-state index in [1.807, 2.05) is 6.08 Å². The monoisotopic (exact) mass is 196 g/mol. The third kappa shape index (κ3) is 7.59. The van der Waals surface area contributed by atoms with Crippen molar-refractivity contribution in [2.75, 3.05) is 0 Å². The van der Waals surface area contributed by atoms with Crippen molar-refractivity contribution >= 4 is 5.97 Å². The summed E-state index contributed by atoms with van der Waals surface area (Å²) >= 11 is 0. The number of carboxylic acid groups (broad SMARTS) is 1. The van der Waals surface area contributed by atoms with E-state index in [0.717, 1.165) is 19.3 Å². The predicted molar refractivity (Wildman–Crippen MR) is 59.3 cm³/mol. The SMILES string of the molecule is C=CCCCCCC/C=C(\C)C(=O)O. The number of carbonyl (C=O) groups is 1. The quantitative estimate of drug-likeness (QED) is 0.366. The normalized spacial score (nSPS) is 11.4. The topological polar surface area (TPSA) is 37.3 Å². The van der Waals surface area contributed by atoms with Crippen molar-refractivity contribution < 1.29 is 9.90 Å². The lowest BCUT2D eigenvalue weighted by atomic mass is 10.1. The predicted octanol–water partition coefficient (Wildman–Crippen LogP) is 3.54. The van der Waals surface area contributed by atoms with Crippen LogP contribution in [-0.2, 0) is 4.79 Å². The minimum atomic E-state index is -0.809. The molecule has 0 aliphatic carbocycles. The van der Waals surface area contributed by atoms with Gasteiger partial charge < -0.3 is 5.11 Å². The van der Waals surface area contributed by atoms with E-state index in [4.69, 9.17) is 5.11 Å². The average Bonchev–Trinajstić information content (AvgIpc) is 2.16. The van der Waals surface area contributed by atoms with E-state index in [1.165, 1.54) is 19.3 Å². The summed E-state index contributed by atoms with van der Waals surface area (Å²) in [7, 11) is 0. The van der Waals surface area contributed by atoms with Crippen LogP contribution < -0.4 is 0 Å². The summed E-state index contributed by atoms with van der Waals surface area (Å²) in [4.78, 5) is 10.4. The standard InChI is InChI=1S/C12H20O2/c1-3-4-5-6-7-8-9-10-11(2)12(13)14/h3,10H,1,4-9H2,2H3,(H,13,14)/b11-10+. The molecule has 0 rings (SSSR count). The zero-order valence-corrected chi connectivity index (χ0v) is 8.96. The Morgan fingerprint density at radius 3 is 2.29 bits per heavy atom. The van der Waals surface area contributed by atoms with Gasteiger partial charge in [-0.25, -0.2) is 4.79 Å². The van der Waals surface area contributed by atoms with Gasteiger partial charge in [0.25, 0.3) is 0 Å². The molecule has 0 aromatic rings. The first kappa shape index (κ1) is 12.9. The Kier molecular flexibility index (Phi) is 7.90. The van der Waals surface area contributed by atoms with Crippen molar-refractivity contribution in [3.8, 4) is 0 Å². The zero-order chi connectivity index (χ0) is 10.8. The van der Waals surface area contributed by atoms with Gasteiger partial charge in [0.15, 0.2) is 0 Å². The van der Waals surface area contributed by atoms with Crippen LogP contribution in [0.25, 0.3) is 0 Å². The van der Waals surface area contributed by atoms with Gasteiger partial charge >= 0.3 is 5.97 Å². The molecule has 0 bridgehead atoms. The molecule has 0 aliphatic rings. The van der Waals surface area contributed by atoms with Crippen molar-refractivity contribution in [2.24, 2.45) is 0 Å². The van der Waals surface area contributed by atoms with Crippen LogP contribution in [-0.4, -0.2) is 11.1 Å². The van der Waals surface area contributed by atoms with Crippen molar-refractivity contribution in [2.45, 2.75) is 45.4 Å². The zero-order valence-electron chi connectivity index (χ0n) is 8.96. The lowest BCUT2D eigenvalue weighted by Gasteiger charge is -1.97. The van der Waals surface area contributed by atoms with Gasteiger partial charge in [-0.1, -0.05) is 25.0 Å². The molecule has 0 atom stereocenters. The number of rotatable bonds is 8. The van der Waals surface area contributed by atoms with Crippen LogP contribution in [0.3, 0.4) is 0 Å². The largest absolute Gasteiger partial charge is 0.478 e. The van der Waals surface area contributed by atoms with E-state index in [0.29, 0.717) is 5.57 Å². The molecule has 0 aromatic carbocycles. The smallest absolute Gasteiger partial charge is 0.330 e. The maximum Gasteiger partial charge on any atom is 0.330 e. The molecule has 0 radical (unpaired) electrons.